The molecule has 2 amide bonds. The second kappa shape index (κ2) is 7.44. The van der Waals surface area contributed by atoms with E-state index >= 15 is 0 Å². The van der Waals surface area contributed by atoms with Gasteiger partial charge in [0.25, 0.3) is 0 Å². The van der Waals surface area contributed by atoms with Crippen molar-refractivity contribution in [1.29, 1.82) is 0 Å². The van der Waals surface area contributed by atoms with Crippen LogP contribution in [0.3, 0.4) is 0 Å². The van der Waals surface area contributed by atoms with Gasteiger partial charge in [-0.25, -0.2) is 9.59 Å². The van der Waals surface area contributed by atoms with Crippen molar-refractivity contribution in [1.82, 2.24) is 15.5 Å². The van der Waals surface area contributed by atoms with E-state index in [1.54, 1.807) is 0 Å². The fourth-order valence-corrected chi connectivity index (χ4v) is 1.94. The number of carbonyl (C=O) groups excluding carboxylic acids is 1. The minimum atomic E-state index is -1.28. The van der Waals surface area contributed by atoms with Gasteiger partial charge in [0.2, 0.25) is 0 Å². The highest BCUT2D eigenvalue weighted by atomic mass is 16.5. The first kappa shape index (κ1) is 16.7. The number of hydrogen-bond donors (Lipinski definition) is 3. The maximum atomic E-state index is 11.7. The number of carboxylic acid groups (broad SMARTS) is 1. The molecule has 0 saturated carbocycles. The lowest BCUT2D eigenvalue weighted by atomic mass is 9.99. The normalized spacial score (nSPS) is 22.2. The molecular formula is C13H25N3O4. The lowest BCUT2D eigenvalue weighted by molar-refractivity contribution is -0.144. The smallest absolute Gasteiger partial charge is 0.332 e. The molecule has 0 radical (unpaired) electrons. The first-order valence-electron chi connectivity index (χ1n) is 6.95. The van der Waals surface area contributed by atoms with Crippen LogP contribution in [0, 0.1) is 0 Å². The van der Waals surface area contributed by atoms with Crippen LogP contribution in [0.15, 0.2) is 0 Å². The van der Waals surface area contributed by atoms with E-state index in [0.29, 0.717) is 25.6 Å². The van der Waals surface area contributed by atoms with Gasteiger partial charge in [-0.2, -0.15) is 0 Å². The topological polar surface area (TPSA) is 90.9 Å². The van der Waals surface area contributed by atoms with E-state index < -0.39 is 17.5 Å². The van der Waals surface area contributed by atoms with Crippen LogP contribution < -0.4 is 10.6 Å². The van der Waals surface area contributed by atoms with Crippen LogP contribution in [-0.4, -0.2) is 66.9 Å². The first-order chi connectivity index (χ1) is 9.37. The minimum Gasteiger partial charge on any atom is -0.479 e. The number of nitrogens with one attached hydrogen (secondary N) is 2. The van der Waals surface area contributed by atoms with Crippen LogP contribution in [0.25, 0.3) is 0 Å². The Kier molecular flexibility index (Phi) is 6.22. The molecule has 7 heteroatoms. The molecule has 0 aliphatic carbocycles. The van der Waals surface area contributed by atoms with Crippen molar-refractivity contribution in [2.75, 3.05) is 33.4 Å². The molecule has 1 atom stereocenters. The van der Waals surface area contributed by atoms with Crippen molar-refractivity contribution in [3.63, 3.8) is 0 Å². The van der Waals surface area contributed by atoms with E-state index in [0.717, 1.165) is 13.0 Å². The molecular weight excluding hydrogens is 262 g/mol. The fraction of sp³-hybridized carbons (Fsp3) is 0.846. The second-order valence-corrected chi connectivity index (χ2v) is 5.50. The number of aliphatic carboxylic acids is 1. The number of hydrogen-bond acceptors (Lipinski definition) is 4. The molecule has 1 rings (SSSR count). The van der Waals surface area contributed by atoms with Gasteiger partial charge in [-0.05, 0) is 33.9 Å². The summed E-state index contributed by atoms with van der Waals surface area (Å²) in [6.45, 7) is 5.98. The van der Waals surface area contributed by atoms with Crippen LogP contribution in [0.2, 0.25) is 0 Å². The van der Waals surface area contributed by atoms with Crippen molar-refractivity contribution in [3.8, 4) is 0 Å². The summed E-state index contributed by atoms with van der Waals surface area (Å²) >= 11 is 0. The van der Waals surface area contributed by atoms with E-state index in [1.807, 2.05) is 7.05 Å². The Morgan fingerprint density at radius 1 is 1.45 bits per heavy atom. The number of amides is 2. The molecule has 7 nitrogen and oxygen atoms in total. The molecule has 1 unspecified atom stereocenters. The molecule has 1 aliphatic rings. The average Bonchev–Trinajstić information content (AvgIpc) is 2.84. The van der Waals surface area contributed by atoms with Crippen molar-refractivity contribution >= 4 is 12.0 Å². The number of urea groups is 1. The molecule has 0 aromatic carbocycles. The number of ether oxygens (including phenoxy) is 1. The molecule has 1 saturated heterocycles. The van der Waals surface area contributed by atoms with Crippen molar-refractivity contribution in [2.45, 2.75) is 38.3 Å². The summed E-state index contributed by atoms with van der Waals surface area (Å²) in [5.41, 5.74) is -1.28. The monoisotopic (exact) mass is 287 g/mol. The molecule has 20 heavy (non-hydrogen) atoms. The number of carbonyl (C=O) groups is 2. The Morgan fingerprint density at radius 2 is 2.15 bits per heavy atom. The van der Waals surface area contributed by atoms with Gasteiger partial charge in [0.15, 0.2) is 5.54 Å². The van der Waals surface area contributed by atoms with Crippen molar-refractivity contribution in [2.24, 2.45) is 0 Å². The summed E-state index contributed by atoms with van der Waals surface area (Å²) in [6.07, 6.45) is 1.12. The third-order valence-corrected chi connectivity index (χ3v) is 3.64. The zero-order valence-electron chi connectivity index (χ0n) is 12.4. The standard InChI is InChI=1S/C13H25N3O4/c1-10(2)16(3)7-4-6-14-12(19)15-13(11(17)18)5-8-20-9-13/h10H,4-9H2,1-3H3,(H,17,18)(H2,14,15,19). The lowest BCUT2D eigenvalue weighted by Crippen LogP contribution is -2.57. The fourth-order valence-electron chi connectivity index (χ4n) is 1.94. The van der Waals surface area contributed by atoms with Crippen LogP contribution in [0.1, 0.15) is 26.7 Å². The van der Waals surface area contributed by atoms with Crippen LogP contribution in [0.5, 0.6) is 0 Å². The highest BCUT2D eigenvalue weighted by Gasteiger charge is 2.43. The lowest BCUT2D eigenvalue weighted by Gasteiger charge is -2.24. The molecule has 0 bridgehead atoms. The number of rotatable bonds is 7. The summed E-state index contributed by atoms with van der Waals surface area (Å²) in [5, 5.41) is 14.4. The summed E-state index contributed by atoms with van der Waals surface area (Å²) in [6, 6.07) is 0.0137. The molecule has 1 fully saturated rings. The number of carboxylic acids is 1. The summed E-state index contributed by atoms with van der Waals surface area (Å²) < 4.78 is 5.08. The van der Waals surface area contributed by atoms with Crippen molar-refractivity contribution < 1.29 is 19.4 Å². The Labute approximate surface area is 119 Å². The van der Waals surface area contributed by atoms with Gasteiger partial charge >= 0.3 is 12.0 Å². The van der Waals surface area contributed by atoms with Gasteiger partial charge < -0.3 is 25.4 Å². The van der Waals surface area contributed by atoms with E-state index in [1.165, 1.54) is 0 Å². The maximum Gasteiger partial charge on any atom is 0.332 e. The first-order valence-corrected chi connectivity index (χ1v) is 6.95. The third-order valence-electron chi connectivity index (χ3n) is 3.64. The molecule has 3 N–H and O–H groups in total. The molecule has 116 valence electrons. The van der Waals surface area contributed by atoms with Gasteiger partial charge in [0.05, 0.1) is 6.61 Å². The van der Waals surface area contributed by atoms with Crippen molar-refractivity contribution in [3.05, 3.63) is 0 Å². The average molecular weight is 287 g/mol. The van der Waals surface area contributed by atoms with Crippen LogP contribution in [-0.2, 0) is 9.53 Å². The Morgan fingerprint density at radius 3 is 2.65 bits per heavy atom. The van der Waals surface area contributed by atoms with Gasteiger partial charge in [0, 0.05) is 25.6 Å². The summed E-state index contributed by atoms with van der Waals surface area (Å²) in [7, 11) is 2.03. The predicted molar refractivity (Wildman–Crippen MR) is 74.7 cm³/mol. The molecule has 1 heterocycles. The van der Waals surface area contributed by atoms with Gasteiger partial charge in [0.1, 0.15) is 0 Å². The zero-order chi connectivity index (χ0) is 15.2. The molecule has 0 aromatic rings. The summed E-state index contributed by atoms with van der Waals surface area (Å²) in [4.78, 5) is 25.1. The van der Waals surface area contributed by atoms with E-state index in [-0.39, 0.29) is 6.61 Å². The van der Waals surface area contributed by atoms with Gasteiger partial charge in [-0.15, -0.1) is 0 Å². The maximum absolute atomic E-state index is 11.7. The molecule has 0 spiro atoms. The summed E-state index contributed by atoms with van der Waals surface area (Å²) in [5.74, 6) is -1.05. The van der Waals surface area contributed by atoms with E-state index in [4.69, 9.17) is 4.74 Å². The van der Waals surface area contributed by atoms with Gasteiger partial charge in [-0.1, -0.05) is 0 Å². The predicted octanol–water partition coefficient (Wildman–Crippen LogP) is 0.260. The highest BCUT2D eigenvalue weighted by molar-refractivity contribution is 5.86. The SMILES string of the molecule is CC(C)N(C)CCCNC(=O)NC1(C(=O)O)CCOC1. The minimum absolute atomic E-state index is 0.0197. The van der Waals surface area contributed by atoms with E-state index in [2.05, 4.69) is 29.4 Å². The zero-order valence-corrected chi connectivity index (χ0v) is 12.4. The Balaban J connectivity index is 2.28. The van der Waals surface area contributed by atoms with E-state index in [9.17, 15) is 14.7 Å². The highest BCUT2D eigenvalue weighted by Crippen LogP contribution is 2.18. The largest absolute Gasteiger partial charge is 0.479 e. The molecule has 0 aromatic heterocycles. The molecule has 1 aliphatic heterocycles. The Bertz CT molecular complexity index is 341. The van der Waals surface area contributed by atoms with Crippen LogP contribution >= 0.6 is 0 Å². The number of nitrogens with zero attached hydrogens (tertiary/aromatic N) is 1. The van der Waals surface area contributed by atoms with Gasteiger partial charge in [-0.3, -0.25) is 0 Å². The quantitative estimate of drug-likeness (QED) is 0.584. The third kappa shape index (κ3) is 4.64. The van der Waals surface area contributed by atoms with Crippen LogP contribution in [0.4, 0.5) is 4.79 Å². The second-order valence-electron chi connectivity index (χ2n) is 5.50. The Hall–Kier alpha value is -1.34.